The van der Waals surface area contributed by atoms with Gasteiger partial charge in [0.05, 0.1) is 0 Å². The van der Waals surface area contributed by atoms with Gasteiger partial charge in [0.2, 0.25) is 0 Å². The Morgan fingerprint density at radius 1 is 1.33 bits per heavy atom. The Kier molecular flexibility index (Phi) is 5.01. The van der Waals surface area contributed by atoms with Gasteiger partial charge in [-0.15, -0.1) is 0 Å². The Morgan fingerprint density at radius 3 is 2.44 bits per heavy atom. The van der Waals surface area contributed by atoms with E-state index in [-0.39, 0.29) is 12.1 Å². The summed E-state index contributed by atoms with van der Waals surface area (Å²) in [6.07, 6.45) is 0. The molecule has 2 N–H and O–H groups in total. The van der Waals surface area contributed by atoms with Gasteiger partial charge in [-0.1, -0.05) is 18.2 Å². The number of rotatable bonds is 4. The number of carbonyl (C=O) groups excluding carboxylic acids is 1. The molecule has 0 radical (unpaired) electrons. The second-order valence-corrected chi connectivity index (χ2v) is 4.72. The maximum absolute atomic E-state index is 12.2. The molecule has 0 aliphatic carbocycles. The van der Waals surface area contributed by atoms with Gasteiger partial charge in [0.15, 0.2) is 0 Å². The molecule has 0 aliphatic heterocycles. The van der Waals surface area contributed by atoms with E-state index in [0.717, 1.165) is 11.3 Å². The molecule has 1 aromatic rings. The van der Waals surface area contributed by atoms with Gasteiger partial charge in [-0.2, -0.15) is 0 Å². The molecule has 4 heteroatoms. The van der Waals surface area contributed by atoms with Gasteiger partial charge in [-0.3, -0.25) is 0 Å². The van der Waals surface area contributed by atoms with Gasteiger partial charge >= 0.3 is 6.03 Å². The summed E-state index contributed by atoms with van der Waals surface area (Å²) in [6.45, 7) is 7.28. The third kappa shape index (κ3) is 3.39. The Hall–Kier alpha value is -1.71. The highest BCUT2D eigenvalue weighted by atomic mass is 16.2. The molecule has 0 aliphatic rings. The monoisotopic (exact) mass is 249 g/mol. The fourth-order valence-corrected chi connectivity index (χ4v) is 1.94. The topological polar surface area (TPSA) is 49.6 Å². The van der Waals surface area contributed by atoms with Crippen LogP contribution >= 0.6 is 0 Å². The Labute approximate surface area is 109 Å². The average molecular weight is 249 g/mol. The van der Waals surface area contributed by atoms with E-state index in [0.29, 0.717) is 13.1 Å². The average Bonchev–Trinajstić information content (AvgIpc) is 2.32. The lowest BCUT2D eigenvalue weighted by Crippen LogP contribution is -2.44. The summed E-state index contributed by atoms with van der Waals surface area (Å²) in [5.74, 6) is 0. The van der Waals surface area contributed by atoms with Crippen LogP contribution in [0.3, 0.4) is 0 Å². The van der Waals surface area contributed by atoms with Crippen molar-refractivity contribution in [3.05, 3.63) is 29.8 Å². The highest BCUT2D eigenvalue weighted by molar-refractivity contribution is 5.74. The summed E-state index contributed by atoms with van der Waals surface area (Å²) in [5, 5.41) is 0. The second-order valence-electron chi connectivity index (χ2n) is 4.72. The van der Waals surface area contributed by atoms with Crippen LogP contribution in [0.25, 0.3) is 0 Å². The SMILES string of the molecule is CCN(C(=O)N(C)Cc1ccccc1N)C(C)C. The van der Waals surface area contributed by atoms with Crippen molar-refractivity contribution in [3.63, 3.8) is 0 Å². The number of anilines is 1. The molecule has 0 heterocycles. The summed E-state index contributed by atoms with van der Waals surface area (Å²) >= 11 is 0. The minimum Gasteiger partial charge on any atom is -0.398 e. The van der Waals surface area contributed by atoms with E-state index in [1.807, 2.05) is 49.9 Å². The van der Waals surface area contributed by atoms with Crippen molar-refractivity contribution in [1.82, 2.24) is 9.80 Å². The van der Waals surface area contributed by atoms with Gasteiger partial charge < -0.3 is 15.5 Å². The summed E-state index contributed by atoms with van der Waals surface area (Å²) in [5.41, 5.74) is 7.59. The minimum atomic E-state index is 0.0377. The van der Waals surface area contributed by atoms with E-state index >= 15 is 0 Å². The lowest BCUT2D eigenvalue weighted by molar-refractivity contribution is 0.150. The largest absolute Gasteiger partial charge is 0.398 e. The molecule has 0 fully saturated rings. The number of para-hydroxylation sites is 1. The van der Waals surface area contributed by atoms with Crippen molar-refractivity contribution in [1.29, 1.82) is 0 Å². The second kappa shape index (κ2) is 6.28. The number of urea groups is 1. The van der Waals surface area contributed by atoms with E-state index in [9.17, 15) is 4.79 Å². The Balaban J connectivity index is 2.74. The summed E-state index contributed by atoms with van der Waals surface area (Å²) in [4.78, 5) is 15.8. The molecule has 1 rings (SSSR count). The number of hydrogen-bond acceptors (Lipinski definition) is 2. The Morgan fingerprint density at radius 2 is 1.94 bits per heavy atom. The molecule has 0 aromatic heterocycles. The molecule has 4 nitrogen and oxygen atoms in total. The quantitative estimate of drug-likeness (QED) is 0.834. The highest BCUT2D eigenvalue weighted by Crippen LogP contribution is 2.14. The smallest absolute Gasteiger partial charge is 0.320 e. The van der Waals surface area contributed by atoms with E-state index < -0.39 is 0 Å². The molecule has 0 atom stereocenters. The summed E-state index contributed by atoms with van der Waals surface area (Å²) < 4.78 is 0. The van der Waals surface area contributed by atoms with E-state index in [4.69, 9.17) is 5.73 Å². The summed E-state index contributed by atoms with van der Waals surface area (Å²) in [7, 11) is 1.81. The van der Waals surface area contributed by atoms with Crippen LogP contribution in [0, 0.1) is 0 Å². The lowest BCUT2D eigenvalue weighted by atomic mass is 10.2. The fourth-order valence-electron chi connectivity index (χ4n) is 1.94. The van der Waals surface area contributed by atoms with Crippen LogP contribution in [0.15, 0.2) is 24.3 Å². The number of nitrogen functional groups attached to an aromatic ring is 1. The van der Waals surface area contributed by atoms with E-state index in [1.54, 1.807) is 11.9 Å². The summed E-state index contributed by atoms with van der Waals surface area (Å²) in [6, 6.07) is 7.88. The highest BCUT2D eigenvalue weighted by Gasteiger charge is 2.19. The van der Waals surface area contributed by atoms with Crippen LogP contribution < -0.4 is 5.73 Å². The third-order valence-corrected chi connectivity index (χ3v) is 3.00. The van der Waals surface area contributed by atoms with Crippen LogP contribution in [0.2, 0.25) is 0 Å². The molecule has 100 valence electrons. The van der Waals surface area contributed by atoms with Crippen LogP contribution in [-0.2, 0) is 6.54 Å². The predicted octanol–water partition coefficient (Wildman–Crippen LogP) is 2.55. The number of hydrogen-bond donors (Lipinski definition) is 1. The number of benzene rings is 1. The first-order valence-corrected chi connectivity index (χ1v) is 6.32. The van der Waals surface area contributed by atoms with E-state index in [1.165, 1.54) is 0 Å². The standard InChI is InChI=1S/C14H23N3O/c1-5-17(11(2)3)14(18)16(4)10-12-8-6-7-9-13(12)15/h6-9,11H,5,10,15H2,1-4H3. The van der Waals surface area contributed by atoms with Crippen molar-refractivity contribution in [2.24, 2.45) is 0 Å². The lowest BCUT2D eigenvalue weighted by Gasteiger charge is -2.30. The molecular weight excluding hydrogens is 226 g/mol. The van der Waals surface area contributed by atoms with Gasteiger partial charge in [-0.05, 0) is 32.4 Å². The first-order valence-electron chi connectivity index (χ1n) is 6.32. The van der Waals surface area contributed by atoms with E-state index in [2.05, 4.69) is 0 Å². The van der Waals surface area contributed by atoms with Gasteiger partial charge in [0.25, 0.3) is 0 Å². The predicted molar refractivity (Wildman–Crippen MR) is 75.2 cm³/mol. The molecule has 0 saturated heterocycles. The Bertz CT molecular complexity index is 404. The zero-order valence-electron chi connectivity index (χ0n) is 11.7. The van der Waals surface area contributed by atoms with Gasteiger partial charge in [-0.25, -0.2) is 4.79 Å². The van der Waals surface area contributed by atoms with Crippen LogP contribution in [0.4, 0.5) is 10.5 Å². The van der Waals surface area contributed by atoms with Crippen molar-refractivity contribution < 1.29 is 4.79 Å². The number of nitrogens with zero attached hydrogens (tertiary/aromatic N) is 2. The molecule has 0 saturated carbocycles. The maximum Gasteiger partial charge on any atom is 0.320 e. The first kappa shape index (κ1) is 14.4. The third-order valence-electron chi connectivity index (χ3n) is 3.00. The molecule has 0 spiro atoms. The number of amides is 2. The van der Waals surface area contributed by atoms with Crippen LogP contribution in [-0.4, -0.2) is 35.5 Å². The van der Waals surface area contributed by atoms with Crippen molar-refractivity contribution in [3.8, 4) is 0 Å². The zero-order valence-corrected chi connectivity index (χ0v) is 11.7. The molecule has 0 unspecified atom stereocenters. The van der Waals surface area contributed by atoms with Crippen molar-refractivity contribution in [2.75, 3.05) is 19.3 Å². The van der Waals surface area contributed by atoms with Gasteiger partial charge in [0, 0.05) is 31.9 Å². The van der Waals surface area contributed by atoms with Crippen LogP contribution in [0.1, 0.15) is 26.3 Å². The first-order chi connectivity index (χ1) is 8.47. The van der Waals surface area contributed by atoms with Gasteiger partial charge in [0.1, 0.15) is 0 Å². The van der Waals surface area contributed by atoms with Crippen molar-refractivity contribution in [2.45, 2.75) is 33.4 Å². The fraction of sp³-hybridized carbons (Fsp3) is 0.500. The number of nitrogens with two attached hydrogens (primary N) is 1. The molecule has 1 aromatic carbocycles. The molecule has 0 bridgehead atoms. The zero-order chi connectivity index (χ0) is 13.7. The maximum atomic E-state index is 12.2. The molecule has 2 amide bonds. The molecular formula is C14H23N3O. The van der Waals surface area contributed by atoms with Crippen LogP contribution in [0.5, 0.6) is 0 Å². The normalized spacial score (nSPS) is 10.5. The number of carbonyl (C=O) groups is 1. The molecule has 18 heavy (non-hydrogen) atoms. The minimum absolute atomic E-state index is 0.0377. The van der Waals surface area contributed by atoms with Crippen molar-refractivity contribution >= 4 is 11.7 Å².